The van der Waals surface area contributed by atoms with E-state index in [1.807, 2.05) is 13.8 Å². The molecule has 0 atom stereocenters. The molecule has 0 radical (unpaired) electrons. The summed E-state index contributed by atoms with van der Waals surface area (Å²) in [6.07, 6.45) is 1.45. The zero-order chi connectivity index (χ0) is 13.7. The molecule has 0 fully saturated rings. The first kappa shape index (κ1) is 14.2. The summed E-state index contributed by atoms with van der Waals surface area (Å²) in [5.41, 5.74) is 0.999. The van der Waals surface area contributed by atoms with E-state index < -0.39 is 4.92 Å². The molecule has 1 rings (SSSR count). The number of carbonyl (C=O) groups is 1. The lowest BCUT2D eigenvalue weighted by Crippen LogP contribution is -2.22. The Labute approximate surface area is 106 Å². The van der Waals surface area contributed by atoms with E-state index >= 15 is 0 Å². The molecule has 1 aromatic carbocycles. The molecule has 0 heterocycles. The minimum absolute atomic E-state index is 0.0608. The van der Waals surface area contributed by atoms with E-state index in [1.165, 1.54) is 6.07 Å². The van der Waals surface area contributed by atoms with Gasteiger partial charge in [0.2, 0.25) is 5.91 Å². The topological polar surface area (TPSA) is 72.2 Å². The molecule has 98 valence electrons. The summed E-state index contributed by atoms with van der Waals surface area (Å²) in [4.78, 5) is 22.3. The minimum atomic E-state index is -0.477. The van der Waals surface area contributed by atoms with Crippen LogP contribution in [-0.2, 0) is 4.79 Å². The fraction of sp³-hybridized carbons (Fsp3) is 0.462. The molecule has 0 saturated heterocycles. The summed E-state index contributed by atoms with van der Waals surface area (Å²) < 4.78 is 0. The van der Waals surface area contributed by atoms with Crippen LogP contribution in [0.2, 0.25) is 0 Å². The van der Waals surface area contributed by atoms with Gasteiger partial charge in [-0.05, 0) is 31.4 Å². The van der Waals surface area contributed by atoms with Gasteiger partial charge in [0.1, 0.15) is 5.69 Å². The number of hydrogen-bond acceptors (Lipinski definition) is 3. The predicted molar refractivity (Wildman–Crippen MR) is 70.5 cm³/mol. The molecule has 0 aliphatic rings. The third-order valence-corrected chi connectivity index (χ3v) is 2.96. The van der Waals surface area contributed by atoms with Crippen LogP contribution in [0.25, 0.3) is 0 Å². The van der Waals surface area contributed by atoms with E-state index in [0.29, 0.717) is 0 Å². The van der Waals surface area contributed by atoms with Crippen molar-refractivity contribution in [2.24, 2.45) is 5.92 Å². The van der Waals surface area contributed by atoms with Crippen molar-refractivity contribution in [1.29, 1.82) is 0 Å². The molecule has 0 bridgehead atoms. The van der Waals surface area contributed by atoms with Gasteiger partial charge in [0.15, 0.2) is 0 Å². The number of carbonyl (C=O) groups excluding carboxylic acids is 1. The van der Waals surface area contributed by atoms with Gasteiger partial charge in [-0.3, -0.25) is 14.9 Å². The molecule has 1 aromatic rings. The highest BCUT2D eigenvalue weighted by Gasteiger charge is 2.19. The molecule has 0 saturated carbocycles. The van der Waals surface area contributed by atoms with Crippen LogP contribution in [0.4, 0.5) is 11.4 Å². The Morgan fingerprint density at radius 2 is 2.00 bits per heavy atom. The molecule has 0 spiro atoms. The van der Waals surface area contributed by atoms with Crippen molar-refractivity contribution < 1.29 is 9.72 Å². The standard InChI is InChI=1S/C13H18N2O3/c1-4-10(5-2)13(16)14-11-7-6-9(3)8-12(11)15(17)18/h6-8,10H,4-5H2,1-3H3,(H,14,16). The molecule has 0 aliphatic carbocycles. The molecule has 5 nitrogen and oxygen atoms in total. The number of aryl methyl sites for hydroxylation is 1. The second-order valence-corrected chi connectivity index (χ2v) is 4.28. The lowest BCUT2D eigenvalue weighted by Gasteiger charge is -2.13. The number of nitrogens with one attached hydrogen (secondary N) is 1. The highest BCUT2D eigenvalue weighted by Crippen LogP contribution is 2.26. The first-order valence-corrected chi connectivity index (χ1v) is 6.05. The van der Waals surface area contributed by atoms with Crippen LogP contribution in [0.15, 0.2) is 18.2 Å². The van der Waals surface area contributed by atoms with Crippen molar-refractivity contribution >= 4 is 17.3 Å². The number of anilines is 1. The van der Waals surface area contributed by atoms with Crippen molar-refractivity contribution in [3.63, 3.8) is 0 Å². The molecule has 0 aliphatic heterocycles. The Hall–Kier alpha value is -1.91. The summed E-state index contributed by atoms with van der Waals surface area (Å²) in [5, 5.41) is 13.6. The number of nitro groups is 1. The van der Waals surface area contributed by atoms with Crippen LogP contribution >= 0.6 is 0 Å². The van der Waals surface area contributed by atoms with Gasteiger partial charge >= 0.3 is 0 Å². The average Bonchev–Trinajstić information content (AvgIpc) is 2.32. The van der Waals surface area contributed by atoms with E-state index in [9.17, 15) is 14.9 Å². The Morgan fingerprint density at radius 3 is 2.50 bits per heavy atom. The summed E-state index contributed by atoms with van der Waals surface area (Å²) in [6.45, 7) is 5.63. The van der Waals surface area contributed by atoms with Crippen LogP contribution in [0.1, 0.15) is 32.3 Å². The molecule has 1 amide bonds. The van der Waals surface area contributed by atoms with E-state index in [-0.39, 0.29) is 23.2 Å². The van der Waals surface area contributed by atoms with Gasteiger partial charge in [-0.25, -0.2) is 0 Å². The first-order chi connectivity index (χ1) is 8.49. The molecular weight excluding hydrogens is 232 g/mol. The van der Waals surface area contributed by atoms with Crippen LogP contribution in [0, 0.1) is 23.0 Å². The molecule has 5 heteroatoms. The third-order valence-electron chi connectivity index (χ3n) is 2.96. The largest absolute Gasteiger partial charge is 0.320 e. The highest BCUT2D eigenvalue weighted by molar-refractivity contribution is 5.94. The van der Waals surface area contributed by atoms with Crippen molar-refractivity contribution in [2.45, 2.75) is 33.6 Å². The Balaban J connectivity index is 2.97. The number of amides is 1. The summed E-state index contributed by atoms with van der Waals surface area (Å²) >= 11 is 0. The van der Waals surface area contributed by atoms with Crippen LogP contribution in [-0.4, -0.2) is 10.8 Å². The highest BCUT2D eigenvalue weighted by atomic mass is 16.6. The van der Waals surface area contributed by atoms with E-state index in [2.05, 4.69) is 5.32 Å². The summed E-state index contributed by atoms with van der Waals surface area (Å²) in [5.74, 6) is -0.266. The Bertz CT molecular complexity index is 454. The normalized spacial score (nSPS) is 10.4. The second-order valence-electron chi connectivity index (χ2n) is 4.28. The number of rotatable bonds is 5. The van der Waals surface area contributed by atoms with Gasteiger partial charge < -0.3 is 5.32 Å². The van der Waals surface area contributed by atoms with Gasteiger partial charge in [0.25, 0.3) is 5.69 Å². The van der Waals surface area contributed by atoms with Gasteiger partial charge in [-0.1, -0.05) is 19.9 Å². The monoisotopic (exact) mass is 250 g/mol. The number of benzene rings is 1. The lowest BCUT2D eigenvalue weighted by atomic mass is 10.0. The fourth-order valence-corrected chi connectivity index (χ4v) is 1.79. The van der Waals surface area contributed by atoms with Gasteiger partial charge in [-0.2, -0.15) is 0 Å². The van der Waals surface area contributed by atoms with Crippen LogP contribution in [0.5, 0.6) is 0 Å². The maximum Gasteiger partial charge on any atom is 0.293 e. The van der Waals surface area contributed by atoms with Crippen molar-refractivity contribution in [1.82, 2.24) is 0 Å². The second kappa shape index (κ2) is 6.14. The molecule has 0 unspecified atom stereocenters. The number of hydrogen-bond donors (Lipinski definition) is 1. The Morgan fingerprint density at radius 1 is 1.39 bits per heavy atom. The average molecular weight is 250 g/mol. The number of nitro benzene ring substituents is 1. The lowest BCUT2D eigenvalue weighted by molar-refractivity contribution is -0.384. The van der Waals surface area contributed by atoms with E-state index in [1.54, 1.807) is 19.1 Å². The molecule has 18 heavy (non-hydrogen) atoms. The number of nitrogens with zero attached hydrogens (tertiary/aromatic N) is 1. The maximum absolute atomic E-state index is 11.9. The van der Waals surface area contributed by atoms with Gasteiger partial charge in [0.05, 0.1) is 4.92 Å². The maximum atomic E-state index is 11.9. The Kier molecular flexibility index (Phi) is 4.83. The smallest absolute Gasteiger partial charge is 0.293 e. The SMILES string of the molecule is CCC(CC)C(=O)Nc1ccc(C)cc1[N+](=O)[O-]. The molecular formula is C13H18N2O3. The fourth-order valence-electron chi connectivity index (χ4n) is 1.79. The summed E-state index contributed by atoms with van der Waals surface area (Å²) in [7, 11) is 0. The van der Waals surface area contributed by atoms with Gasteiger partial charge in [-0.15, -0.1) is 0 Å². The zero-order valence-corrected chi connectivity index (χ0v) is 10.9. The quantitative estimate of drug-likeness (QED) is 0.643. The zero-order valence-electron chi connectivity index (χ0n) is 10.9. The van der Waals surface area contributed by atoms with Crippen LogP contribution < -0.4 is 5.32 Å². The van der Waals surface area contributed by atoms with Crippen molar-refractivity contribution in [3.05, 3.63) is 33.9 Å². The van der Waals surface area contributed by atoms with E-state index in [4.69, 9.17) is 0 Å². The predicted octanol–water partition coefficient (Wildman–Crippen LogP) is 3.28. The van der Waals surface area contributed by atoms with Crippen molar-refractivity contribution in [3.8, 4) is 0 Å². The summed E-state index contributed by atoms with van der Waals surface area (Å²) in [6, 6.07) is 4.78. The third kappa shape index (κ3) is 3.29. The van der Waals surface area contributed by atoms with Crippen molar-refractivity contribution in [2.75, 3.05) is 5.32 Å². The molecule has 1 N–H and O–H groups in total. The van der Waals surface area contributed by atoms with Crippen LogP contribution in [0.3, 0.4) is 0 Å². The minimum Gasteiger partial charge on any atom is -0.320 e. The first-order valence-electron chi connectivity index (χ1n) is 6.05. The van der Waals surface area contributed by atoms with Gasteiger partial charge in [0, 0.05) is 12.0 Å². The van der Waals surface area contributed by atoms with E-state index in [0.717, 1.165) is 18.4 Å². The molecule has 0 aromatic heterocycles.